The number of cyclic esters (lactones) is 4. The highest BCUT2D eigenvalue weighted by Crippen LogP contribution is 2.44. The Morgan fingerprint density at radius 2 is 0.955 bits per heavy atom. The third-order valence-electron chi connectivity index (χ3n) is 2.42. The zero-order chi connectivity index (χ0) is 16.6. The van der Waals surface area contributed by atoms with E-state index in [0.29, 0.717) is 17.9 Å². The van der Waals surface area contributed by atoms with Gasteiger partial charge in [-0.3, -0.25) is 0 Å². The van der Waals surface area contributed by atoms with Crippen LogP contribution in [0.5, 0.6) is 0 Å². The van der Waals surface area contributed by atoms with E-state index in [4.69, 9.17) is 0 Å². The number of rotatable bonds is 0. The molecule has 0 bridgehead atoms. The van der Waals surface area contributed by atoms with Gasteiger partial charge in [0.15, 0.2) is 0 Å². The van der Waals surface area contributed by atoms with Gasteiger partial charge in [0.25, 0.3) is 0 Å². The lowest BCUT2D eigenvalue weighted by Crippen LogP contribution is -1.97. The van der Waals surface area contributed by atoms with Crippen LogP contribution in [0.15, 0.2) is 30.0 Å². The maximum absolute atomic E-state index is 11.4. The van der Waals surface area contributed by atoms with Crippen LogP contribution in [0.1, 0.15) is 20.7 Å². The van der Waals surface area contributed by atoms with Crippen LogP contribution in [0.3, 0.4) is 0 Å². The van der Waals surface area contributed by atoms with Crippen LogP contribution in [-0.4, -0.2) is 23.9 Å². The lowest BCUT2D eigenvalue weighted by Gasteiger charge is -2.06. The molecule has 0 spiro atoms. The average Bonchev–Trinajstić information content (AvgIpc) is 2.97. The van der Waals surface area contributed by atoms with Crippen LogP contribution in [0.2, 0.25) is 0 Å². The van der Waals surface area contributed by atoms with E-state index in [1.54, 1.807) is 0 Å². The molecule has 1 aromatic rings. The molecular weight excluding hydrogens is 560 g/mol. The van der Waals surface area contributed by atoms with Gasteiger partial charge in [-0.2, -0.15) is 0 Å². The molecule has 6 nitrogen and oxygen atoms in total. The SMILES string of the molecule is O=C1C=CC(=O)O1.O=C1OC(=O)c2c(Br)c(Br)c(Br)c(Br)c21. The van der Waals surface area contributed by atoms with Crippen LogP contribution in [0.4, 0.5) is 0 Å². The fourth-order valence-electron chi connectivity index (χ4n) is 1.50. The Morgan fingerprint density at radius 1 is 0.591 bits per heavy atom. The number of ether oxygens (including phenoxy) is 2. The molecule has 10 heteroatoms. The van der Waals surface area contributed by atoms with E-state index in [1.807, 2.05) is 0 Å². The normalized spacial score (nSPS) is 15.3. The molecule has 0 N–H and O–H groups in total. The molecular formula is C12H2Br4O6. The second-order valence-electron chi connectivity index (χ2n) is 3.76. The van der Waals surface area contributed by atoms with E-state index in [0.717, 1.165) is 12.2 Å². The molecule has 0 unspecified atom stereocenters. The number of fused-ring (bicyclic) bond motifs is 1. The van der Waals surface area contributed by atoms with Gasteiger partial charge >= 0.3 is 23.9 Å². The predicted octanol–water partition coefficient (Wildman–Crippen LogP) is 3.67. The molecule has 0 saturated carbocycles. The zero-order valence-electron chi connectivity index (χ0n) is 10.1. The highest BCUT2D eigenvalue weighted by Gasteiger charge is 2.36. The van der Waals surface area contributed by atoms with Gasteiger partial charge in [-0.15, -0.1) is 0 Å². The van der Waals surface area contributed by atoms with Gasteiger partial charge in [0, 0.05) is 30.0 Å². The first kappa shape index (κ1) is 17.5. The summed E-state index contributed by atoms with van der Waals surface area (Å²) in [5.41, 5.74) is 0.476. The molecule has 2 aliphatic rings. The Labute approximate surface area is 156 Å². The molecule has 0 atom stereocenters. The third-order valence-corrected chi connectivity index (χ3v) is 7.19. The molecule has 0 aromatic heterocycles. The van der Waals surface area contributed by atoms with Crippen molar-refractivity contribution >= 4 is 87.6 Å². The molecule has 114 valence electrons. The van der Waals surface area contributed by atoms with E-state index in [1.165, 1.54) is 0 Å². The molecule has 3 rings (SSSR count). The van der Waals surface area contributed by atoms with Gasteiger partial charge in [0.1, 0.15) is 0 Å². The monoisotopic (exact) mass is 558 g/mol. The summed E-state index contributed by atoms with van der Waals surface area (Å²) in [5, 5.41) is 0. The summed E-state index contributed by atoms with van der Waals surface area (Å²) in [7, 11) is 0. The summed E-state index contributed by atoms with van der Waals surface area (Å²) in [4.78, 5) is 42.6. The Kier molecular flexibility index (Phi) is 5.36. The number of carbonyl (C=O) groups is 4. The van der Waals surface area contributed by atoms with Crippen molar-refractivity contribution < 1.29 is 28.7 Å². The fourth-order valence-corrected chi connectivity index (χ4v) is 3.95. The van der Waals surface area contributed by atoms with Crippen molar-refractivity contribution in [1.29, 1.82) is 0 Å². The van der Waals surface area contributed by atoms with Gasteiger partial charge in [0.05, 0.1) is 11.1 Å². The Morgan fingerprint density at radius 3 is 1.23 bits per heavy atom. The minimum absolute atomic E-state index is 0.238. The van der Waals surface area contributed by atoms with Crippen molar-refractivity contribution in [2.75, 3.05) is 0 Å². The van der Waals surface area contributed by atoms with Crippen molar-refractivity contribution in [3.63, 3.8) is 0 Å². The van der Waals surface area contributed by atoms with Crippen molar-refractivity contribution in [2.45, 2.75) is 0 Å². The molecule has 0 amide bonds. The Balaban J connectivity index is 0.000000211. The van der Waals surface area contributed by atoms with E-state index in [-0.39, 0.29) is 11.1 Å². The highest BCUT2D eigenvalue weighted by atomic mass is 79.9. The second kappa shape index (κ2) is 6.73. The number of benzene rings is 1. The highest BCUT2D eigenvalue weighted by molar-refractivity contribution is 9.15. The lowest BCUT2D eigenvalue weighted by molar-refractivity contribution is -0.150. The minimum Gasteiger partial charge on any atom is -0.387 e. The van der Waals surface area contributed by atoms with E-state index >= 15 is 0 Å². The van der Waals surface area contributed by atoms with Gasteiger partial charge in [-0.25, -0.2) is 19.2 Å². The molecule has 2 heterocycles. The Hall–Kier alpha value is -0.840. The number of halogens is 4. The average molecular weight is 562 g/mol. The maximum atomic E-state index is 11.4. The molecule has 0 radical (unpaired) electrons. The summed E-state index contributed by atoms with van der Waals surface area (Å²) in [6.07, 6.45) is 2.17. The molecule has 2 aliphatic heterocycles. The first-order valence-electron chi connectivity index (χ1n) is 5.30. The van der Waals surface area contributed by atoms with E-state index in [9.17, 15) is 19.2 Å². The summed E-state index contributed by atoms with van der Waals surface area (Å²) in [6, 6.07) is 0. The van der Waals surface area contributed by atoms with E-state index < -0.39 is 23.9 Å². The Bertz CT molecular complexity index is 707. The first-order chi connectivity index (χ1) is 10.2. The summed E-state index contributed by atoms with van der Waals surface area (Å²) < 4.78 is 10.8. The van der Waals surface area contributed by atoms with Gasteiger partial charge in [0.2, 0.25) is 0 Å². The lowest BCUT2D eigenvalue weighted by atomic mass is 10.1. The molecule has 1 aromatic carbocycles. The van der Waals surface area contributed by atoms with Crippen LogP contribution in [0, 0.1) is 0 Å². The summed E-state index contributed by atoms with van der Waals surface area (Å²) >= 11 is 13.0. The quantitative estimate of drug-likeness (QED) is 0.208. The number of esters is 4. The number of hydrogen-bond acceptors (Lipinski definition) is 6. The molecule has 0 saturated heterocycles. The zero-order valence-corrected chi connectivity index (χ0v) is 16.5. The minimum atomic E-state index is -0.643. The number of hydrogen-bond donors (Lipinski definition) is 0. The van der Waals surface area contributed by atoms with Gasteiger partial charge in [-0.05, 0) is 63.7 Å². The van der Waals surface area contributed by atoms with E-state index in [2.05, 4.69) is 73.2 Å². The van der Waals surface area contributed by atoms with Crippen molar-refractivity contribution in [2.24, 2.45) is 0 Å². The smallest absolute Gasteiger partial charge is 0.348 e. The summed E-state index contributed by atoms with van der Waals surface area (Å²) in [5.74, 6) is -2.44. The van der Waals surface area contributed by atoms with Gasteiger partial charge < -0.3 is 9.47 Å². The number of carbonyl (C=O) groups excluding carboxylic acids is 4. The first-order valence-corrected chi connectivity index (χ1v) is 8.47. The molecule has 0 fully saturated rings. The van der Waals surface area contributed by atoms with Crippen LogP contribution in [0.25, 0.3) is 0 Å². The van der Waals surface area contributed by atoms with Crippen molar-refractivity contribution in [3.8, 4) is 0 Å². The molecule has 0 aliphatic carbocycles. The largest absolute Gasteiger partial charge is 0.387 e. The second-order valence-corrected chi connectivity index (χ2v) is 6.93. The van der Waals surface area contributed by atoms with Crippen molar-refractivity contribution in [3.05, 3.63) is 41.2 Å². The van der Waals surface area contributed by atoms with Crippen LogP contribution >= 0.6 is 63.7 Å². The topological polar surface area (TPSA) is 86.7 Å². The maximum Gasteiger partial charge on any atom is 0.348 e. The van der Waals surface area contributed by atoms with Crippen LogP contribution < -0.4 is 0 Å². The van der Waals surface area contributed by atoms with Crippen molar-refractivity contribution in [1.82, 2.24) is 0 Å². The predicted molar refractivity (Wildman–Crippen MR) is 87.2 cm³/mol. The third kappa shape index (κ3) is 3.24. The summed E-state index contributed by atoms with van der Waals surface area (Å²) in [6.45, 7) is 0. The molecule has 22 heavy (non-hydrogen) atoms. The fraction of sp³-hybridized carbons (Fsp3) is 0. The van der Waals surface area contributed by atoms with Gasteiger partial charge in [-0.1, -0.05) is 0 Å². The van der Waals surface area contributed by atoms with Crippen LogP contribution in [-0.2, 0) is 19.1 Å². The standard InChI is InChI=1S/C8Br4O3.C4H2O3/c9-3-1-2(8(14)15-7(1)13)4(10)6(12)5(3)11;5-3-1-2-4(6)7-3/h;1-2H.